The highest BCUT2D eigenvalue weighted by molar-refractivity contribution is 5.64. The molecule has 0 atom stereocenters. The molecule has 1 aromatic rings. The van der Waals surface area contributed by atoms with Crippen LogP contribution in [0.4, 0.5) is 0 Å². The molecule has 0 N–H and O–H groups in total. The van der Waals surface area contributed by atoms with Gasteiger partial charge in [0.25, 0.3) is 0 Å². The minimum Gasteiger partial charge on any atom is -0.192 e. The second-order valence-electron chi connectivity index (χ2n) is 2.83. The van der Waals surface area contributed by atoms with Crippen molar-refractivity contribution in [2.45, 2.75) is 13.3 Å². The second kappa shape index (κ2) is 4.84. The van der Waals surface area contributed by atoms with Crippen LogP contribution in [0.3, 0.4) is 0 Å². The Balaban J connectivity index is 3.16. The molecule has 0 fully saturated rings. The van der Waals surface area contributed by atoms with Crippen molar-refractivity contribution in [1.82, 2.24) is 0 Å². The number of allylic oxidation sites excluding steroid dienone is 1. The third-order valence-electron chi connectivity index (χ3n) is 1.98. The smallest absolute Gasteiger partial charge is 0.130 e. The number of rotatable bonds is 2. The molecule has 0 bridgehead atoms. The standard InChI is InChI=1S/C12H10N2/c1-2-11-5-3-4-6-12(11)7-10(8-13)9-14/h3-7H,2H2,1H3. The number of hydrogen-bond acceptors (Lipinski definition) is 2. The van der Waals surface area contributed by atoms with Gasteiger partial charge in [0.2, 0.25) is 0 Å². The molecule has 0 aliphatic carbocycles. The number of hydrogen-bond donors (Lipinski definition) is 0. The maximum atomic E-state index is 8.61. The van der Waals surface area contributed by atoms with Crippen molar-refractivity contribution in [3.05, 3.63) is 41.0 Å². The Labute approximate surface area is 83.7 Å². The molecule has 0 amide bonds. The van der Waals surface area contributed by atoms with Crippen LogP contribution in [0.1, 0.15) is 18.1 Å². The van der Waals surface area contributed by atoms with Crippen molar-refractivity contribution < 1.29 is 0 Å². The van der Waals surface area contributed by atoms with Gasteiger partial charge in [-0.25, -0.2) is 0 Å². The van der Waals surface area contributed by atoms with Gasteiger partial charge in [-0.3, -0.25) is 0 Å². The van der Waals surface area contributed by atoms with Gasteiger partial charge < -0.3 is 0 Å². The molecular formula is C12H10N2. The number of aryl methyl sites for hydroxylation is 1. The quantitative estimate of drug-likeness (QED) is 0.660. The first-order valence-electron chi connectivity index (χ1n) is 4.41. The molecule has 0 spiro atoms. The fraction of sp³-hybridized carbons (Fsp3) is 0.167. The molecule has 2 nitrogen and oxygen atoms in total. The predicted octanol–water partition coefficient (Wildman–Crippen LogP) is 2.68. The van der Waals surface area contributed by atoms with Crippen LogP contribution in [0, 0.1) is 22.7 Å². The monoisotopic (exact) mass is 182 g/mol. The summed E-state index contributed by atoms with van der Waals surface area (Å²) in [7, 11) is 0. The van der Waals surface area contributed by atoms with Gasteiger partial charge in [0.1, 0.15) is 17.7 Å². The zero-order chi connectivity index (χ0) is 10.4. The lowest BCUT2D eigenvalue weighted by Crippen LogP contribution is -1.85. The summed E-state index contributed by atoms with van der Waals surface area (Å²) in [6.45, 7) is 2.05. The maximum absolute atomic E-state index is 8.61. The fourth-order valence-electron chi connectivity index (χ4n) is 1.24. The van der Waals surface area contributed by atoms with Gasteiger partial charge in [-0.15, -0.1) is 0 Å². The van der Waals surface area contributed by atoms with Gasteiger partial charge in [0, 0.05) is 0 Å². The Kier molecular flexibility index (Phi) is 3.47. The van der Waals surface area contributed by atoms with Crippen molar-refractivity contribution in [1.29, 1.82) is 10.5 Å². The van der Waals surface area contributed by atoms with E-state index in [1.807, 2.05) is 43.3 Å². The molecule has 0 aliphatic heterocycles. The highest BCUT2D eigenvalue weighted by Crippen LogP contribution is 2.13. The lowest BCUT2D eigenvalue weighted by atomic mass is 10.0. The lowest BCUT2D eigenvalue weighted by Gasteiger charge is -2.01. The Morgan fingerprint density at radius 2 is 1.93 bits per heavy atom. The highest BCUT2D eigenvalue weighted by Gasteiger charge is 1.98. The summed E-state index contributed by atoms with van der Waals surface area (Å²) < 4.78 is 0. The average Bonchev–Trinajstić information content (AvgIpc) is 2.26. The molecule has 0 radical (unpaired) electrons. The van der Waals surface area contributed by atoms with E-state index < -0.39 is 0 Å². The van der Waals surface area contributed by atoms with E-state index in [9.17, 15) is 0 Å². The molecular weight excluding hydrogens is 172 g/mol. The largest absolute Gasteiger partial charge is 0.192 e. The summed E-state index contributed by atoms with van der Waals surface area (Å²) in [5.41, 5.74) is 2.24. The number of nitriles is 2. The zero-order valence-corrected chi connectivity index (χ0v) is 7.99. The Morgan fingerprint density at radius 3 is 2.50 bits per heavy atom. The van der Waals surface area contributed by atoms with Crippen LogP contribution in [-0.4, -0.2) is 0 Å². The van der Waals surface area contributed by atoms with Crippen LogP contribution in [0.15, 0.2) is 29.8 Å². The van der Waals surface area contributed by atoms with Gasteiger partial charge in [-0.2, -0.15) is 10.5 Å². The van der Waals surface area contributed by atoms with E-state index in [-0.39, 0.29) is 5.57 Å². The molecule has 1 aromatic carbocycles. The zero-order valence-electron chi connectivity index (χ0n) is 7.99. The molecule has 1 rings (SSSR count). The van der Waals surface area contributed by atoms with Gasteiger partial charge in [-0.1, -0.05) is 31.2 Å². The van der Waals surface area contributed by atoms with Crippen LogP contribution < -0.4 is 0 Å². The number of benzene rings is 1. The molecule has 14 heavy (non-hydrogen) atoms. The normalized spacial score (nSPS) is 8.50. The van der Waals surface area contributed by atoms with Crippen molar-refractivity contribution in [2.24, 2.45) is 0 Å². The Bertz CT molecular complexity index is 414. The third kappa shape index (κ3) is 2.21. The fourth-order valence-corrected chi connectivity index (χ4v) is 1.24. The molecule has 0 aromatic heterocycles. The van der Waals surface area contributed by atoms with Crippen molar-refractivity contribution >= 4 is 6.08 Å². The first-order chi connectivity index (χ1) is 6.81. The second-order valence-corrected chi connectivity index (χ2v) is 2.83. The molecule has 0 aliphatic rings. The van der Waals surface area contributed by atoms with Crippen molar-refractivity contribution in [2.75, 3.05) is 0 Å². The van der Waals surface area contributed by atoms with E-state index in [4.69, 9.17) is 10.5 Å². The van der Waals surface area contributed by atoms with Gasteiger partial charge in [0.05, 0.1) is 0 Å². The average molecular weight is 182 g/mol. The van der Waals surface area contributed by atoms with E-state index in [1.54, 1.807) is 6.08 Å². The van der Waals surface area contributed by atoms with Crippen LogP contribution >= 0.6 is 0 Å². The molecule has 0 unspecified atom stereocenters. The topological polar surface area (TPSA) is 47.6 Å². The maximum Gasteiger partial charge on any atom is 0.130 e. The lowest BCUT2D eigenvalue weighted by molar-refractivity contribution is 1.13. The Hall–Kier alpha value is -2.06. The van der Waals surface area contributed by atoms with Crippen LogP contribution in [0.5, 0.6) is 0 Å². The Morgan fingerprint density at radius 1 is 1.29 bits per heavy atom. The van der Waals surface area contributed by atoms with E-state index in [0.717, 1.165) is 17.5 Å². The van der Waals surface area contributed by atoms with E-state index in [1.165, 1.54) is 0 Å². The molecule has 0 heterocycles. The van der Waals surface area contributed by atoms with E-state index in [2.05, 4.69) is 0 Å². The van der Waals surface area contributed by atoms with Gasteiger partial charge >= 0.3 is 0 Å². The van der Waals surface area contributed by atoms with Crippen LogP contribution in [-0.2, 0) is 6.42 Å². The van der Waals surface area contributed by atoms with Gasteiger partial charge in [0.15, 0.2) is 0 Å². The summed E-state index contributed by atoms with van der Waals surface area (Å²) in [5, 5.41) is 17.2. The first kappa shape index (κ1) is 10.0. The minimum atomic E-state index is 0.144. The molecule has 68 valence electrons. The predicted molar refractivity (Wildman–Crippen MR) is 55.0 cm³/mol. The van der Waals surface area contributed by atoms with Crippen LogP contribution in [0.25, 0.3) is 6.08 Å². The third-order valence-corrected chi connectivity index (χ3v) is 1.98. The van der Waals surface area contributed by atoms with Crippen LogP contribution in [0.2, 0.25) is 0 Å². The highest BCUT2D eigenvalue weighted by atomic mass is 14.3. The first-order valence-corrected chi connectivity index (χ1v) is 4.41. The summed E-state index contributed by atoms with van der Waals surface area (Å²) >= 11 is 0. The SMILES string of the molecule is CCc1ccccc1C=C(C#N)C#N. The minimum absolute atomic E-state index is 0.144. The molecule has 2 heteroatoms. The van der Waals surface area contributed by atoms with Crippen molar-refractivity contribution in [3.63, 3.8) is 0 Å². The summed E-state index contributed by atoms with van der Waals surface area (Å²) in [6, 6.07) is 11.5. The van der Waals surface area contributed by atoms with E-state index >= 15 is 0 Å². The summed E-state index contributed by atoms with van der Waals surface area (Å²) in [4.78, 5) is 0. The molecule has 0 saturated heterocycles. The summed E-state index contributed by atoms with van der Waals surface area (Å²) in [6.07, 6.45) is 2.52. The number of nitrogens with zero attached hydrogens (tertiary/aromatic N) is 2. The van der Waals surface area contributed by atoms with Gasteiger partial charge in [-0.05, 0) is 23.6 Å². The summed E-state index contributed by atoms with van der Waals surface area (Å²) in [5.74, 6) is 0. The van der Waals surface area contributed by atoms with Crippen molar-refractivity contribution in [3.8, 4) is 12.1 Å². The molecule has 0 saturated carbocycles. The van der Waals surface area contributed by atoms with E-state index in [0.29, 0.717) is 0 Å².